The van der Waals surface area contributed by atoms with Crippen molar-refractivity contribution in [3.8, 4) is 0 Å². The Kier molecular flexibility index (Phi) is 9.65. The van der Waals surface area contributed by atoms with Gasteiger partial charge in [0.05, 0.1) is 0 Å². The molecule has 1 fully saturated rings. The van der Waals surface area contributed by atoms with Crippen LogP contribution in [0.5, 0.6) is 0 Å². The van der Waals surface area contributed by atoms with E-state index in [-0.39, 0.29) is 0 Å². The lowest BCUT2D eigenvalue weighted by Crippen LogP contribution is -2.25. The molecule has 0 aromatic carbocycles. The van der Waals surface area contributed by atoms with Gasteiger partial charge in [0.2, 0.25) is 0 Å². The summed E-state index contributed by atoms with van der Waals surface area (Å²) in [6, 6.07) is 0. The number of rotatable bonds is 11. The molecular weight excluding hydrogens is 240 g/mol. The molecule has 1 rings (SSSR count). The second-order valence-electron chi connectivity index (χ2n) is 7.79. The van der Waals surface area contributed by atoms with Crippen LogP contribution in [0.4, 0.5) is 0 Å². The van der Waals surface area contributed by atoms with Crippen LogP contribution in [0.25, 0.3) is 0 Å². The molecule has 1 aliphatic carbocycles. The number of hydrogen-bond donors (Lipinski definition) is 0. The van der Waals surface area contributed by atoms with E-state index in [0.29, 0.717) is 5.41 Å². The molecule has 2 atom stereocenters. The lowest BCUT2D eigenvalue weighted by atomic mass is 9.67. The minimum absolute atomic E-state index is 0.694. The highest BCUT2D eigenvalue weighted by atomic mass is 14.4. The van der Waals surface area contributed by atoms with Gasteiger partial charge in [0.1, 0.15) is 0 Å². The lowest BCUT2D eigenvalue weighted by molar-refractivity contribution is 0.135. The SMILES string of the molecule is CCCCCCCCC1(C)CCCC(CCCCC)C1. The van der Waals surface area contributed by atoms with Crippen molar-refractivity contribution in [1.29, 1.82) is 0 Å². The second-order valence-corrected chi connectivity index (χ2v) is 7.79. The topological polar surface area (TPSA) is 0 Å². The van der Waals surface area contributed by atoms with Crippen LogP contribution in [-0.4, -0.2) is 0 Å². The molecule has 0 aromatic heterocycles. The van der Waals surface area contributed by atoms with Crippen molar-refractivity contribution >= 4 is 0 Å². The summed E-state index contributed by atoms with van der Waals surface area (Å²) in [5.41, 5.74) is 0.694. The van der Waals surface area contributed by atoms with E-state index in [1.165, 1.54) is 96.3 Å². The van der Waals surface area contributed by atoms with Gasteiger partial charge in [0.25, 0.3) is 0 Å². The normalized spacial score (nSPS) is 26.9. The first kappa shape index (κ1) is 18.1. The molecule has 0 bridgehead atoms. The van der Waals surface area contributed by atoms with E-state index in [2.05, 4.69) is 20.8 Å². The fourth-order valence-corrected chi connectivity index (χ4v) is 4.21. The van der Waals surface area contributed by atoms with Crippen LogP contribution in [0.3, 0.4) is 0 Å². The molecule has 0 aliphatic heterocycles. The summed E-state index contributed by atoms with van der Waals surface area (Å²) in [7, 11) is 0. The van der Waals surface area contributed by atoms with Crippen LogP contribution in [0.2, 0.25) is 0 Å². The summed E-state index contributed by atoms with van der Waals surface area (Å²) >= 11 is 0. The summed E-state index contributed by atoms with van der Waals surface area (Å²) in [6.45, 7) is 7.22. The lowest BCUT2D eigenvalue weighted by Gasteiger charge is -2.38. The standard InChI is InChI=1S/C20H40/c1-4-6-8-9-10-12-16-20(3)17-13-15-19(18-20)14-11-7-5-2/h19H,4-18H2,1-3H3. The van der Waals surface area contributed by atoms with E-state index in [1.807, 2.05) is 0 Å². The van der Waals surface area contributed by atoms with Crippen molar-refractivity contribution in [3.05, 3.63) is 0 Å². The predicted octanol–water partition coefficient (Wildman–Crippen LogP) is 7.51. The molecule has 1 aliphatic rings. The van der Waals surface area contributed by atoms with Gasteiger partial charge in [-0.25, -0.2) is 0 Å². The molecule has 0 spiro atoms. The summed E-state index contributed by atoms with van der Waals surface area (Å²) in [5, 5.41) is 0. The molecule has 120 valence electrons. The van der Waals surface area contributed by atoms with Gasteiger partial charge in [-0.1, -0.05) is 97.8 Å². The monoisotopic (exact) mass is 280 g/mol. The number of hydrogen-bond acceptors (Lipinski definition) is 0. The van der Waals surface area contributed by atoms with Crippen LogP contribution in [0.15, 0.2) is 0 Å². The third-order valence-corrected chi connectivity index (χ3v) is 5.52. The predicted molar refractivity (Wildman–Crippen MR) is 92.2 cm³/mol. The Balaban J connectivity index is 2.15. The van der Waals surface area contributed by atoms with Gasteiger partial charge < -0.3 is 0 Å². The fraction of sp³-hybridized carbons (Fsp3) is 1.00. The summed E-state index contributed by atoms with van der Waals surface area (Å²) in [5.74, 6) is 1.06. The van der Waals surface area contributed by atoms with E-state index in [0.717, 1.165) is 5.92 Å². The fourth-order valence-electron chi connectivity index (χ4n) is 4.21. The Bertz CT molecular complexity index is 220. The highest BCUT2D eigenvalue weighted by Crippen LogP contribution is 2.44. The Morgan fingerprint density at radius 2 is 1.50 bits per heavy atom. The zero-order valence-electron chi connectivity index (χ0n) is 14.7. The minimum atomic E-state index is 0.694. The van der Waals surface area contributed by atoms with E-state index in [9.17, 15) is 0 Å². The molecule has 0 radical (unpaired) electrons. The van der Waals surface area contributed by atoms with Crippen molar-refractivity contribution in [1.82, 2.24) is 0 Å². The third-order valence-electron chi connectivity index (χ3n) is 5.52. The Morgan fingerprint density at radius 1 is 0.850 bits per heavy atom. The molecule has 0 heteroatoms. The Morgan fingerprint density at radius 3 is 2.25 bits per heavy atom. The van der Waals surface area contributed by atoms with Crippen LogP contribution >= 0.6 is 0 Å². The van der Waals surface area contributed by atoms with Crippen LogP contribution in [-0.2, 0) is 0 Å². The molecule has 0 heterocycles. The van der Waals surface area contributed by atoms with E-state index < -0.39 is 0 Å². The maximum Gasteiger partial charge on any atom is -0.0323 e. The molecule has 0 saturated heterocycles. The van der Waals surface area contributed by atoms with Crippen molar-refractivity contribution in [2.45, 2.75) is 117 Å². The molecule has 2 unspecified atom stereocenters. The number of unbranched alkanes of at least 4 members (excludes halogenated alkanes) is 7. The van der Waals surface area contributed by atoms with Crippen molar-refractivity contribution < 1.29 is 0 Å². The van der Waals surface area contributed by atoms with Gasteiger partial charge in [-0.05, 0) is 30.6 Å². The van der Waals surface area contributed by atoms with Crippen molar-refractivity contribution in [3.63, 3.8) is 0 Å². The van der Waals surface area contributed by atoms with Gasteiger partial charge in [0, 0.05) is 0 Å². The maximum atomic E-state index is 2.59. The molecule has 0 N–H and O–H groups in total. The smallest absolute Gasteiger partial charge is 0.0323 e. The van der Waals surface area contributed by atoms with Gasteiger partial charge in [-0.3, -0.25) is 0 Å². The van der Waals surface area contributed by atoms with E-state index >= 15 is 0 Å². The van der Waals surface area contributed by atoms with Crippen molar-refractivity contribution in [2.75, 3.05) is 0 Å². The molecule has 0 amide bonds. The van der Waals surface area contributed by atoms with Gasteiger partial charge in [-0.15, -0.1) is 0 Å². The first-order valence-corrected chi connectivity index (χ1v) is 9.70. The minimum Gasteiger partial charge on any atom is -0.0654 e. The average molecular weight is 281 g/mol. The summed E-state index contributed by atoms with van der Waals surface area (Å²) in [4.78, 5) is 0. The maximum absolute atomic E-state index is 2.59. The zero-order chi connectivity index (χ0) is 14.7. The van der Waals surface area contributed by atoms with Crippen LogP contribution < -0.4 is 0 Å². The first-order valence-electron chi connectivity index (χ1n) is 9.70. The summed E-state index contributed by atoms with van der Waals surface area (Å²) < 4.78 is 0. The molecule has 20 heavy (non-hydrogen) atoms. The highest BCUT2D eigenvalue weighted by molar-refractivity contribution is 4.83. The molecule has 1 saturated carbocycles. The quantitative estimate of drug-likeness (QED) is 0.343. The van der Waals surface area contributed by atoms with Crippen molar-refractivity contribution in [2.24, 2.45) is 11.3 Å². The van der Waals surface area contributed by atoms with Crippen LogP contribution in [0, 0.1) is 11.3 Å². The third kappa shape index (κ3) is 7.70. The highest BCUT2D eigenvalue weighted by Gasteiger charge is 2.31. The average Bonchev–Trinajstić information content (AvgIpc) is 2.43. The van der Waals surface area contributed by atoms with E-state index in [4.69, 9.17) is 0 Å². The van der Waals surface area contributed by atoms with Gasteiger partial charge >= 0.3 is 0 Å². The van der Waals surface area contributed by atoms with Gasteiger partial charge in [0.15, 0.2) is 0 Å². The zero-order valence-corrected chi connectivity index (χ0v) is 14.7. The molecule has 0 nitrogen and oxygen atoms in total. The van der Waals surface area contributed by atoms with Crippen LogP contribution in [0.1, 0.15) is 117 Å². The van der Waals surface area contributed by atoms with Gasteiger partial charge in [-0.2, -0.15) is 0 Å². The Labute approximate surface area is 129 Å². The van der Waals surface area contributed by atoms with E-state index in [1.54, 1.807) is 0 Å². The molecular formula is C20H40. The molecule has 0 aromatic rings. The summed E-state index contributed by atoms with van der Waals surface area (Å²) in [6.07, 6.45) is 22.1. The Hall–Kier alpha value is 0. The largest absolute Gasteiger partial charge is 0.0654 e. The second kappa shape index (κ2) is 10.7. The first-order chi connectivity index (χ1) is 9.70.